The molecule has 0 fully saturated rings. The maximum atomic E-state index is 14.5. The molecule has 8 nitrogen and oxygen atoms in total. The molecule has 0 heterocycles. The molecule has 1 amide bonds. The number of nitro groups is 1. The minimum absolute atomic E-state index is 0.106. The summed E-state index contributed by atoms with van der Waals surface area (Å²) in [5, 5.41) is 13.5. The molecule has 0 aliphatic rings. The van der Waals surface area contributed by atoms with E-state index in [4.69, 9.17) is 0 Å². The van der Waals surface area contributed by atoms with E-state index in [1.54, 1.807) is 26.0 Å². The lowest BCUT2D eigenvalue weighted by Gasteiger charge is -2.24. The van der Waals surface area contributed by atoms with E-state index in [0.717, 1.165) is 11.6 Å². The van der Waals surface area contributed by atoms with Crippen LogP contribution in [0.5, 0.6) is 0 Å². The van der Waals surface area contributed by atoms with E-state index in [0.29, 0.717) is 9.87 Å². The highest BCUT2D eigenvalue weighted by molar-refractivity contribution is 7.92. The van der Waals surface area contributed by atoms with Crippen LogP contribution in [0.4, 0.5) is 21.5 Å². The second kappa shape index (κ2) is 9.15. The lowest BCUT2D eigenvalue weighted by molar-refractivity contribution is -0.384. The number of carbonyl (C=O) groups is 1. The van der Waals surface area contributed by atoms with Gasteiger partial charge in [-0.3, -0.25) is 19.2 Å². The SMILES string of the molecule is Cc1ccc(S(=O)(=O)N(CC(=O)Nc2cc([N+](=O)[O-])ccc2C)c2ccccc2F)cc1. The van der Waals surface area contributed by atoms with Crippen LogP contribution in [-0.4, -0.2) is 25.8 Å². The topological polar surface area (TPSA) is 110 Å². The first-order chi connectivity index (χ1) is 15.1. The zero-order chi connectivity index (χ0) is 23.5. The number of para-hydroxylation sites is 1. The van der Waals surface area contributed by atoms with Crippen LogP contribution in [0, 0.1) is 29.8 Å². The van der Waals surface area contributed by atoms with Crippen molar-refractivity contribution in [3.63, 3.8) is 0 Å². The van der Waals surface area contributed by atoms with Gasteiger partial charge in [0.05, 0.1) is 21.2 Å². The van der Waals surface area contributed by atoms with Crippen molar-refractivity contribution >= 4 is 33.0 Å². The molecule has 0 aliphatic carbocycles. The van der Waals surface area contributed by atoms with Crippen LogP contribution in [0.15, 0.2) is 71.6 Å². The van der Waals surface area contributed by atoms with Gasteiger partial charge in [-0.05, 0) is 43.7 Å². The highest BCUT2D eigenvalue weighted by Gasteiger charge is 2.29. The Labute approximate surface area is 184 Å². The molecule has 0 saturated carbocycles. The second-order valence-electron chi connectivity index (χ2n) is 7.08. The number of sulfonamides is 1. The number of non-ortho nitro benzene ring substituents is 1. The van der Waals surface area contributed by atoms with E-state index in [9.17, 15) is 27.7 Å². The summed E-state index contributed by atoms with van der Waals surface area (Å²) < 4.78 is 41.8. The number of benzene rings is 3. The van der Waals surface area contributed by atoms with Crippen LogP contribution in [0.1, 0.15) is 11.1 Å². The molecular weight excluding hydrogens is 437 g/mol. The third-order valence-electron chi connectivity index (χ3n) is 4.72. The number of aryl methyl sites for hydroxylation is 2. The summed E-state index contributed by atoms with van der Waals surface area (Å²) in [6.07, 6.45) is 0. The molecule has 0 atom stereocenters. The van der Waals surface area contributed by atoms with E-state index >= 15 is 0 Å². The van der Waals surface area contributed by atoms with E-state index in [-0.39, 0.29) is 22.0 Å². The van der Waals surface area contributed by atoms with Gasteiger partial charge in [-0.25, -0.2) is 12.8 Å². The molecule has 0 spiro atoms. The number of rotatable bonds is 7. The molecule has 166 valence electrons. The van der Waals surface area contributed by atoms with Crippen molar-refractivity contribution in [3.05, 3.63) is 93.8 Å². The number of hydrogen-bond donors (Lipinski definition) is 1. The summed E-state index contributed by atoms with van der Waals surface area (Å²) in [6, 6.07) is 15.1. The van der Waals surface area contributed by atoms with E-state index < -0.39 is 33.2 Å². The smallest absolute Gasteiger partial charge is 0.271 e. The minimum Gasteiger partial charge on any atom is -0.324 e. The minimum atomic E-state index is -4.29. The normalized spacial score (nSPS) is 11.1. The standard InChI is InChI=1S/C22H20FN3O5S/c1-15-7-11-18(12-8-15)32(30,31)25(21-6-4-3-5-19(21)23)14-22(27)24-20-13-17(26(28)29)10-9-16(20)2/h3-13H,14H2,1-2H3,(H,24,27). The highest BCUT2D eigenvalue weighted by atomic mass is 32.2. The fraction of sp³-hybridized carbons (Fsp3) is 0.136. The Kier molecular flexibility index (Phi) is 6.54. The zero-order valence-electron chi connectivity index (χ0n) is 17.3. The first kappa shape index (κ1) is 22.9. The molecule has 0 aliphatic heterocycles. The van der Waals surface area contributed by atoms with Crippen molar-refractivity contribution in [1.82, 2.24) is 0 Å². The van der Waals surface area contributed by atoms with Crippen LogP contribution in [0.2, 0.25) is 0 Å². The summed E-state index contributed by atoms with van der Waals surface area (Å²) in [4.78, 5) is 23.1. The Hall–Kier alpha value is -3.79. The van der Waals surface area contributed by atoms with Crippen molar-refractivity contribution in [2.75, 3.05) is 16.2 Å². The number of nitro benzene ring substituents is 1. The van der Waals surface area contributed by atoms with Crippen LogP contribution >= 0.6 is 0 Å². The Bertz CT molecular complexity index is 1280. The fourth-order valence-electron chi connectivity index (χ4n) is 2.97. The lowest BCUT2D eigenvalue weighted by Crippen LogP contribution is -2.38. The van der Waals surface area contributed by atoms with Gasteiger partial charge in [0.25, 0.3) is 15.7 Å². The molecule has 3 aromatic carbocycles. The Morgan fingerprint density at radius 2 is 1.72 bits per heavy atom. The van der Waals surface area contributed by atoms with E-state index in [2.05, 4.69) is 5.32 Å². The lowest BCUT2D eigenvalue weighted by atomic mass is 10.2. The molecule has 3 aromatic rings. The number of nitrogens with zero attached hydrogens (tertiary/aromatic N) is 2. The number of hydrogen-bond acceptors (Lipinski definition) is 5. The molecule has 0 aromatic heterocycles. The molecule has 32 heavy (non-hydrogen) atoms. The molecule has 0 bridgehead atoms. The first-order valence-corrected chi connectivity index (χ1v) is 10.9. The van der Waals surface area contributed by atoms with Crippen molar-refractivity contribution < 1.29 is 22.5 Å². The van der Waals surface area contributed by atoms with Crippen LogP contribution in [-0.2, 0) is 14.8 Å². The van der Waals surface area contributed by atoms with Crippen molar-refractivity contribution in [1.29, 1.82) is 0 Å². The number of carbonyl (C=O) groups excluding carboxylic acids is 1. The van der Waals surface area contributed by atoms with E-state index in [1.807, 2.05) is 0 Å². The van der Waals surface area contributed by atoms with Gasteiger partial charge >= 0.3 is 0 Å². The summed E-state index contributed by atoms with van der Waals surface area (Å²) in [5.41, 5.74) is 1.01. The average molecular weight is 457 g/mol. The quantitative estimate of drug-likeness (QED) is 0.423. The molecule has 0 radical (unpaired) electrons. The second-order valence-corrected chi connectivity index (χ2v) is 8.94. The number of amides is 1. The summed E-state index contributed by atoms with van der Waals surface area (Å²) in [5.74, 6) is -1.60. The van der Waals surface area contributed by atoms with Gasteiger partial charge in [0.15, 0.2) is 0 Å². The van der Waals surface area contributed by atoms with Gasteiger partial charge in [0, 0.05) is 12.1 Å². The van der Waals surface area contributed by atoms with Gasteiger partial charge in [-0.15, -0.1) is 0 Å². The first-order valence-electron chi connectivity index (χ1n) is 9.48. The van der Waals surface area contributed by atoms with Gasteiger partial charge in [-0.2, -0.15) is 0 Å². The third kappa shape index (κ3) is 4.92. The molecule has 3 rings (SSSR count). The predicted molar refractivity (Wildman–Crippen MR) is 119 cm³/mol. The Morgan fingerprint density at radius 3 is 2.34 bits per heavy atom. The summed E-state index contributed by atoms with van der Waals surface area (Å²) in [7, 11) is -4.29. The highest BCUT2D eigenvalue weighted by Crippen LogP contribution is 2.27. The van der Waals surface area contributed by atoms with Gasteiger partial charge in [-0.1, -0.05) is 35.9 Å². The van der Waals surface area contributed by atoms with E-state index in [1.165, 1.54) is 48.5 Å². The number of nitrogens with one attached hydrogen (secondary N) is 1. The van der Waals surface area contributed by atoms with Crippen LogP contribution in [0.25, 0.3) is 0 Å². The molecule has 0 saturated heterocycles. The Morgan fingerprint density at radius 1 is 1.06 bits per heavy atom. The molecule has 0 unspecified atom stereocenters. The van der Waals surface area contributed by atoms with Gasteiger partial charge in [0.2, 0.25) is 5.91 Å². The number of halogens is 1. The van der Waals surface area contributed by atoms with Crippen molar-refractivity contribution in [2.45, 2.75) is 18.7 Å². The maximum absolute atomic E-state index is 14.5. The fourth-order valence-corrected chi connectivity index (χ4v) is 4.40. The molecule has 1 N–H and O–H groups in total. The molecular formula is C22H20FN3O5S. The van der Waals surface area contributed by atoms with Crippen LogP contribution in [0.3, 0.4) is 0 Å². The molecule has 10 heteroatoms. The summed E-state index contributed by atoms with van der Waals surface area (Å²) >= 11 is 0. The van der Waals surface area contributed by atoms with Crippen LogP contribution < -0.4 is 9.62 Å². The van der Waals surface area contributed by atoms with Gasteiger partial charge in [0.1, 0.15) is 12.4 Å². The average Bonchev–Trinajstić information content (AvgIpc) is 2.74. The van der Waals surface area contributed by atoms with Gasteiger partial charge < -0.3 is 5.32 Å². The monoisotopic (exact) mass is 457 g/mol. The van der Waals surface area contributed by atoms with Crippen molar-refractivity contribution in [2.24, 2.45) is 0 Å². The largest absolute Gasteiger partial charge is 0.324 e. The number of anilines is 2. The third-order valence-corrected chi connectivity index (χ3v) is 6.50. The predicted octanol–water partition coefficient (Wildman–Crippen LogP) is 4.18. The maximum Gasteiger partial charge on any atom is 0.271 e. The zero-order valence-corrected chi connectivity index (χ0v) is 18.1. The Balaban J connectivity index is 1.98. The van der Waals surface area contributed by atoms with Crippen molar-refractivity contribution in [3.8, 4) is 0 Å². The summed E-state index contributed by atoms with van der Waals surface area (Å²) in [6.45, 7) is 2.69.